The van der Waals surface area contributed by atoms with Crippen LogP contribution < -0.4 is 4.74 Å². The minimum absolute atomic E-state index is 0.444. The Kier molecular flexibility index (Phi) is 4.71. The first kappa shape index (κ1) is 16.5. The van der Waals surface area contributed by atoms with E-state index in [1.165, 1.54) is 28.8 Å². The maximum Gasteiger partial charge on any atom is 0.136 e. The fourth-order valence-corrected chi connectivity index (χ4v) is 4.69. The van der Waals surface area contributed by atoms with Crippen molar-refractivity contribution in [3.63, 3.8) is 0 Å². The number of rotatable bonds is 4. The van der Waals surface area contributed by atoms with E-state index in [4.69, 9.17) is 4.74 Å². The van der Waals surface area contributed by atoms with Gasteiger partial charge in [0.05, 0.1) is 0 Å². The Hall–Kier alpha value is -1.94. The first-order chi connectivity index (χ1) is 12.2. The van der Waals surface area contributed by atoms with Crippen LogP contribution in [0.3, 0.4) is 0 Å². The van der Waals surface area contributed by atoms with Gasteiger partial charge in [0.2, 0.25) is 0 Å². The van der Waals surface area contributed by atoms with Crippen molar-refractivity contribution in [3.05, 3.63) is 65.2 Å². The summed E-state index contributed by atoms with van der Waals surface area (Å²) in [5.41, 5.74) is 5.13. The lowest BCUT2D eigenvalue weighted by molar-refractivity contribution is 0.305. The lowest BCUT2D eigenvalue weighted by Crippen LogP contribution is -2.15. The molecule has 0 radical (unpaired) electrons. The third kappa shape index (κ3) is 3.69. The van der Waals surface area contributed by atoms with Gasteiger partial charge in [-0.05, 0) is 54.5 Å². The minimum Gasteiger partial charge on any atom is -0.489 e. The second kappa shape index (κ2) is 7.12. The SMILES string of the molecule is CS(=O)N=C1C2CCC1Cc1cc(OCc3ccccc3)ccc1C2. The molecule has 0 spiro atoms. The third-order valence-electron chi connectivity index (χ3n) is 5.29. The van der Waals surface area contributed by atoms with Gasteiger partial charge in [0.15, 0.2) is 0 Å². The summed E-state index contributed by atoms with van der Waals surface area (Å²) in [6.07, 6.45) is 6.01. The molecule has 1 fully saturated rings. The fraction of sp³-hybridized carbons (Fsp3) is 0.381. The van der Waals surface area contributed by atoms with Crippen LogP contribution in [-0.4, -0.2) is 16.2 Å². The molecular weight excluding hydrogens is 330 g/mol. The van der Waals surface area contributed by atoms with E-state index in [-0.39, 0.29) is 0 Å². The van der Waals surface area contributed by atoms with Crippen molar-refractivity contribution in [2.24, 2.45) is 16.2 Å². The third-order valence-corrected chi connectivity index (χ3v) is 5.76. The molecule has 25 heavy (non-hydrogen) atoms. The zero-order chi connectivity index (χ0) is 17.2. The molecule has 0 saturated heterocycles. The Balaban J connectivity index is 1.53. The summed E-state index contributed by atoms with van der Waals surface area (Å²) >= 11 is 0. The maximum atomic E-state index is 11.6. The molecule has 4 heteroatoms. The molecule has 0 N–H and O–H groups in total. The van der Waals surface area contributed by atoms with Gasteiger partial charge in [0, 0.05) is 23.8 Å². The summed E-state index contributed by atoms with van der Waals surface area (Å²) in [4.78, 5) is 0. The van der Waals surface area contributed by atoms with E-state index in [0.29, 0.717) is 18.4 Å². The summed E-state index contributed by atoms with van der Waals surface area (Å²) in [5.74, 6) is 1.84. The maximum absolute atomic E-state index is 11.6. The predicted octanol–water partition coefficient (Wildman–Crippen LogP) is 4.12. The van der Waals surface area contributed by atoms with Crippen LogP contribution in [-0.2, 0) is 30.4 Å². The van der Waals surface area contributed by atoms with Crippen molar-refractivity contribution in [1.82, 2.24) is 0 Å². The normalized spacial score (nSPS) is 24.6. The Morgan fingerprint density at radius 1 is 1.04 bits per heavy atom. The molecule has 0 aliphatic heterocycles. The van der Waals surface area contributed by atoms with Gasteiger partial charge in [-0.3, -0.25) is 0 Å². The zero-order valence-electron chi connectivity index (χ0n) is 14.5. The molecule has 2 aliphatic rings. The molecule has 2 aliphatic carbocycles. The average molecular weight is 353 g/mol. The topological polar surface area (TPSA) is 38.7 Å². The van der Waals surface area contributed by atoms with E-state index in [1.54, 1.807) is 6.26 Å². The molecule has 0 aromatic heterocycles. The molecule has 3 atom stereocenters. The van der Waals surface area contributed by atoms with Crippen LogP contribution >= 0.6 is 0 Å². The highest BCUT2D eigenvalue weighted by Gasteiger charge is 2.36. The van der Waals surface area contributed by atoms with Crippen LogP contribution in [0.15, 0.2) is 52.9 Å². The quantitative estimate of drug-likeness (QED) is 0.829. The standard InChI is InChI=1S/C21H23NO2S/c1-25(23)22-21-17-7-8-18(21)12-19-13-20(10-9-16(19)11-17)24-14-15-5-3-2-4-6-15/h2-6,9-10,13,17-18H,7-8,11-12,14H2,1H3. The zero-order valence-corrected chi connectivity index (χ0v) is 15.3. The monoisotopic (exact) mass is 353 g/mol. The van der Waals surface area contributed by atoms with Gasteiger partial charge >= 0.3 is 0 Å². The largest absolute Gasteiger partial charge is 0.489 e. The Labute approximate surface area is 151 Å². The number of benzene rings is 2. The van der Waals surface area contributed by atoms with Crippen molar-refractivity contribution in [2.45, 2.75) is 32.3 Å². The molecule has 0 amide bonds. The average Bonchev–Trinajstić information content (AvgIpc) is 2.88. The number of fused-ring (bicyclic) bond motifs is 3. The summed E-state index contributed by atoms with van der Waals surface area (Å²) in [7, 11) is -1.10. The van der Waals surface area contributed by atoms with Crippen molar-refractivity contribution in [1.29, 1.82) is 0 Å². The van der Waals surface area contributed by atoms with Crippen LogP contribution in [0, 0.1) is 11.8 Å². The second-order valence-electron chi connectivity index (χ2n) is 7.02. The molecule has 0 heterocycles. The summed E-state index contributed by atoms with van der Waals surface area (Å²) < 4.78 is 22.0. The summed E-state index contributed by atoms with van der Waals surface area (Å²) in [5, 5.41) is 0. The van der Waals surface area contributed by atoms with Gasteiger partial charge in [-0.15, -0.1) is 0 Å². The molecule has 2 aromatic carbocycles. The van der Waals surface area contributed by atoms with Crippen LogP contribution in [0.2, 0.25) is 0 Å². The summed E-state index contributed by atoms with van der Waals surface area (Å²) in [6, 6.07) is 16.7. The predicted molar refractivity (Wildman–Crippen MR) is 102 cm³/mol. The smallest absolute Gasteiger partial charge is 0.136 e. The van der Waals surface area contributed by atoms with Crippen LogP contribution in [0.4, 0.5) is 0 Å². The number of hydrogen-bond donors (Lipinski definition) is 0. The van der Waals surface area contributed by atoms with Gasteiger partial charge in [0.25, 0.3) is 0 Å². The Morgan fingerprint density at radius 3 is 2.48 bits per heavy atom. The van der Waals surface area contributed by atoms with Crippen LogP contribution in [0.25, 0.3) is 0 Å². The molecule has 2 bridgehead atoms. The molecule has 130 valence electrons. The van der Waals surface area contributed by atoms with Crippen molar-refractivity contribution in [2.75, 3.05) is 6.26 Å². The molecule has 3 nitrogen and oxygen atoms in total. The lowest BCUT2D eigenvalue weighted by atomic mass is 9.93. The van der Waals surface area contributed by atoms with E-state index >= 15 is 0 Å². The van der Waals surface area contributed by atoms with Gasteiger partial charge < -0.3 is 4.74 Å². The first-order valence-electron chi connectivity index (χ1n) is 8.89. The van der Waals surface area contributed by atoms with Gasteiger partial charge in [-0.25, -0.2) is 4.21 Å². The molecule has 2 aromatic rings. The molecule has 1 saturated carbocycles. The van der Waals surface area contributed by atoms with E-state index in [2.05, 4.69) is 34.7 Å². The van der Waals surface area contributed by atoms with Crippen molar-refractivity contribution >= 4 is 16.7 Å². The second-order valence-corrected chi connectivity index (χ2v) is 8.05. The van der Waals surface area contributed by atoms with E-state index in [1.807, 2.05) is 18.2 Å². The number of nitrogens with zero attached hydrogens (tertiary/aromatic N) is 1. The Bertz CT molecular complexity index is 816. The highest BCUT2D eigenvalue weighted by Crippen LogP contribution is 2.39. The molecule has 4 rings (SSSR count). The first-order valence-corrected chi connectivity index (χ1v) is 10.4. The summed E-state index contributed by atoms with van der Waals surface area (Å²) in [6.45, 7) is 0.590. The minimum atomic E-state index is -1.10. The van der Waals surface area contributed by atoms with E-state index < -0.39 is 11.0 Å². The number of hydrogen-bond acceptors (Lipinski definition) is 2. The fourth-order valence-electron chi connectivity index (χ4n) is 4.10. The van der Waals surface area contributed by atoms with Gasteiger partial charge in [-0.2, -0.15) is 4.40 Å². The lowest BCUT2D eigenvalue weighted by Gasteiger charge is -2.14. The van der Waals surface area contributed by atoms with Gasteiger partial charge in [0.1, 0.15) is 23.3 Å². The highest BCUT2D eigenvalue weighted by atomic mass is 32.2. The van der Waals surface area contributed by atoms with Crippen molar-refractivity contribution < 1.29 is 8.95 Å². The van der Waals surface area contributed by atoms with Crippen molar-refractivity contribution in [3.8, 4) is 5.75 Å². The number of ether oxygens (including phenoxy) is 1. The van der Waals surface area contributed by atoms with E-state index in [9.17, 15) is 4.21 Å². The molecule has 3 unspecified atom stereocenters. The van der Waals surface area contributed by atoms with Crippen LogP contribution in [0.5, 0.6) is 5.75 Å². The van der Waals surface area contributed by atoms with E-state index in [0.717, 1.165) is 25.0 Å². The Morgan fingerprint density at radius 2 is 1.76 bits per heavy atom. The van der Waals surface area contributed by atoms with Crippen LogP contribution in [0.1, 0.15) is 29.5 Å². The highest BCUT2D eigenvalue weighted by molar-refractivity contribution is 7.83. The molecular formula is C21H23NO2S. The van der Waals surface area contributed by atoms with Gasteiger partial charge in [-0.1, -0.05) is 36.4 Å².